The van der Waals surface area contributed by atoms with Crippen molar-refractivity contribution >= 4 is 30.4 Å². The molecule has 0 spiro atoms. The molecule has 2 aromatic rings. The molecule has 182 valence electrons. The summed E-state index contributed by atoms with van der Waals surface area (Å²) >= 11 is 4.48. The summed E-state index contributed by atoms with van der Waals surface area (Å²) in [5, 5.41) is 12.0. The number of benzene rings is 2. The summed E-state index contributed by atoms with van der Waals surface area (Å²) in [6.07, 6.45) is -0.0445. The molecule has 0 radical (unpaired) electrons. The average Bonchev–Trinajstić information content (AvgIpc) is 2.97. The number of carbonyl (C=O) groups excluding carboxylic acids is 2. The van der Waals surface area contributed by atoms with Gasteiger partial charge in [0.2, 0.25) is 11.8 Å². The van der Waals surface area contributed by atoms with E-state index in [0.29, 0.717) is 12.8 Å². The molecule has 2 aromatic carbocycles. The monoisotopic (exact) mass is 484 g/mol. The van der Waals surface area contributed by atoms with Gasteiger partial charge in [0, 0.05) is 6.54 Å². The maximum absolute atomic E-state index is 13.7. The van der Waals surface area contributed by atoms with E-state index < -0.39 is 41.2 Å². The summed E-state index contributed by atoms with van der Waals surface area (Å²) < 4.78 is 6.04. The van der Waals surface area contributed by atoms with Crippen molar-refractivity contribution in [3.63, 3.8) is 0 Å². The second-order valence-corrected chi connectivity index (χ2v) is 9.53. The SMILES string of the molecule is CC(C)C[C@@H](C(=O)O)N1CCO[C@@H](c2ccccc2)[C@H](NC(=O)[C@@H](S)Cc2ccccc2)C1=O. The van der Waals surface area contributed by atoms with E-state index in [-0.39, 0.29) is 19.1 Å². The zero-order valence-electron chi connectivity index (χ0n) is 19.5. The number of nitrogens with one attached hydrogen (secondary N) is 1. The summed E-state index contributed by atoms with van der Waals surface area (Å²) in [5.74, 6) is -1.87. The van der Waals surface area contributed by atoms with Crippen LogP contribution in [0.5, 0.6) is 0 Å². The molecule has 0 unspecified atom stereocenters. The number of hydrogen-bond donors (Lipinski definition) is 3. The minimum absolute atomic E-state index is 0.0729. The van der Waals surface area contributed by atoms with Gasteiger partial charge in [0.05, 0.1) is 11.9 Å². The van der Waals surface area contributed by atoms with Crippen molar-refractivity contribution in [3.05, 3.63) is 71.8 Å². The Hall–Kier alpha value is -2.84. The van der Waals surface area contributed by atoms with E-state index in [1.807, 2.05) is 74.5 Å². The van der Waals surface area contributed by atoms with Gasteiger partial charge in [0.1, 0.15) is 18.2 Å². The third-order valence-corrected chi connectivity index (χ3v) is 6.25. The van der Waals surface area contributed by atoms with Gasteiger partial charge in [-0.3, -0.25) is 9.59 Å². The maximum atomic E-state index is 13.7. The molecule has 1 aliphatic heterocycles. The van der Waals surface area contributed by atoms with Crippen LogP contribution in [0.4, 0.5) is 0 Å². The van der Waals surface area contributed by atoms with Crippen molar-refractivity contribution < 1.29 is 24.2 Å². The van der Waals surface area contributed by atoms with Crippen molar-refractivity contribution in [2.75, 3.05) is 13.2 Å². The highest BCUT2D eigenvalue weighted by atomic mass is 32.1. The average molecular weight is 485 g/mol. The zero-order chi connectivity index (χ0) is 24.7. The van der Waals surface area contributed by atoms with E-state index in [2.05, 4.69) is 17.9 Å². The lowest BCUT2D eigenvalue weighted by atomic mass is 9.98. The number of carboxylic acid groups (broad SMARTS) is 1. The molecule has 2 N–H and O–H groups in total. The number of ether oxygens (including phenoxy) is 1. The molecule has 1 aliphatic rings. The van der Waals surface area contributed by atoms with Gasteiger partial charge in [-0.15, -0.1) is 0 Å². The number of carboxylic acids is 1. The molecule has 0 bridgehead atoms. The predicted molar refractivity (Wildman–Crippen MR) is 133 cm³/mol. The standard InChI is InChI=1S/C26H32N2O5S/c1-17(2)15-20(26(31)32)28-13-14-33-23(19-11-7-4-8-12-19)22(25(28)30)27-24(29)21(34)16-18-9-5-3-6-10-18/h3-12,17,20-23,34H,13-16H2,1-2H3,(H,27,29)(H,31,32)/t20-,21-,22-,23-/m0/s1. The molecular formula is C26H32N2O5S. The van der Waals surface area contributed by atoms with Gasteiger partial charge >= 0.3 is 5.97 Å². The summed E-state index contributed by atoms with van der Waals surface area (Å²) in [4.78, 5) is 40.2. The lowest BCUT2D eigenvalue weighted by Gasteiger charge is -2.32. The number of amides is 2. The molecule has 4 atom stereocenters. The number of thiol groups is 1. The second kappa shape index (κ2) is 12.0. The molecule has 7 nitrogen and oxygen atoms in total. The second-order valence-electron chi connectivity index (χ2n) is 8.91. The third kappa shape index (κ3) is 6.61. The first-order valence-corrected chi connectivity index (χ1v) is 12.0. The van der Waals surface area contributed by atoms with Gasteiger partial charge in [-0.25, -0.2) is 4.79 Å². The zero-order valence-corrected chi connectivity index (χ0v) is 20.4. The summed E-state index contributed by atoms with van der Waals surface area (Å²) in [6.45, 7) is 4.12. The van der Waals surface area contributed by atoms with Gasteiger partial charge < -0.3 is 20.1 Å². The first-order chi connectivity index (χ1) is 16.3. The number of carbonyl (C=O) groups is 3. The summed E-state index contributed by atoms with van der Waals surface area (Å²) in [5.41, 5.74) is 1.68. The van der Waals surface area contributed by atoms with Crippen molar-refractivity contribution in [2.24, 2.45) is 5.92 Å². The van der Waals surface area contributed by atoms with Crippen LogP contribution in [-0.4, -0.2) is 58.3 Å². The quantitative estimate of drug-likeness (QED) is 0.476. The Labute approximate surface area is 205 Å². The molecule has 1 fully saturated rings. The number of hydrogen-bond acceptors (Lipinski definition) is 5. The molecule has 8 heteroatoms. The Morgan fingerprint density at radius 1 is 1.12 bits per heavy atom. The number of rotatable bonds is 9. The van der Waals surface area contributed by atoms with Gasteiger partial charge in [0.25, 0.3) is 0 Å². The highest BCUT2D eigenvalue weighted by Gasteiger charge is 2.42. The molecule has 3 rings (SSSR count). The smallest absolute Gasteiger partial charge is 0.326 e. The van der Waals surface area contributed by atoms with E-state index in [1.165, 1.54) is 4.90 Å². The largest absolute Gasteiger partial charge is 0.480 e. The van der Waals surface area contributed by atoms with Gasteiger partial charge in [-0.2, -0.15) is 12.6 Å². The Kier molecular flexibility index (Phi) is 9.12. The number of aliphatic carboxylic acids is 1. The van der Waals surface area contributed by atoms with Crippen molar-refractivity contribution in [1.82, 2.24) is 10.2 Å². The fourth-order valence-corrected chi connectivity index (χ4v) is 4.44. The first kappa shape index (κ1) is 25.8. The molecular weight excluding hydrogens is 452 g/mol. The molecule has 34 heavy (non-hydrogen) atoms. The molecule has 0 saturated carbocycles. The Morgan fingerprint density at radius 2 is 1.74 bits per heavy atom. The lowest BCUT2D eigenvalue weighted by Crippen LogP contribution is -2.56. The van der Waals surface area contributed by atoms with Crippen molar-refractivity contribution in [1.29, 1.82) is 0 Å². The van der Waals surface area contributed by atoms with Crippen LogP contribution in [0, 0.1) is 5.92 Å². The molecule has 2 amide bonds. The number of nitrogens with zero attached hydrogens (tertiary/aromatic N) is 1. The molecule has 0 aromatic heterocycles. The Bertz CT molecular complexity index is 970. The van der Waals surface area contributed by atoms with Crippen LogP contribution >= 0.6 is 12.6 Å². The fourth-order valence-electron chi connectivity index (χ4n) is 4.16. The van der Waals surface area contributed by atoms with E-state index in [0.717, 1.165) is 11.1 Å². The van der Waals surface area contributed by atoms with Crippen molar-refractivity contribution in [2.45, 2.75) is 50.1 Å². The van der Waals surface area contributed by atoms with E-state index in [4.69, 9.17) is 4.74 Å². The lowest BCUT2D eigenvalue weighted by molar-refractivity contribution is -0.152. The topological polar surface area (TPSA) is 95.9 Å². The van der Waals surface area contributed by atoms with Gasteiger partial charge in [0.15, 0.2) is 0 Å². The highest BCUT2D eigenvalue weighted by molar-refractivity contribution is 7.81. The third-order valence-electron chi connectivity index (χ3n) is 5.84. The normalized spacial score (nSPS) is 20.5. The van der Waals surface area contributed by atoms with Crippen LogP contribution < -0.4 is 5.32 Å². The van der Waals surface area contributed by atoms with Crippen LogP contribution in [0.25, 0.3) is 0 Å². The first-order valence-electron chi connectivity index (χ1n) is 11.5. The maximum Gasteiger partial charge on any atom is 0.326 e. The van der Waals surface area contributed by atoms with Crippen LogP contribution in [0.1, 0.15) is 37.5 Å². The van der Waals surface area contributed by atoms with Gasteiger partial charge in [-0.05, 0) is 29.9 Å². The summed E-state index contributed by atoms with van der Waals surface area (Å²) in [7, 11) is 0. The Balaban J connectivity index is 1.88. The van der Waals surface area contributed by atoms with E-state index >= 15 is 0 Å². The highest BCUT2D eigenvalue weighted by Crippen LogP contribution is 2.27. The predicted octanol–water partition coefficient (Wildman–Crippen LogP) is 3.11. The van der Waals surface area contributed by atoms with Crippen LogP contribution in [-0.2, 0) is 25.5 Å². The molecule has 1 saturated heterocycles. The van der Waals surface area contributed by atoms with Crippen molar-refractivity contribution in [3.8, 4) is 0 Å². The minimum Gasteiger partial charge on any atom is -0.480 e. The van der Waals surface area contributed by atoms with Crippen LogP contribution in [0.3, 0.4) is 0 Å². The van der Waals surface area contributed by atoms with Crippen LogP contribution in [0.2, 0.25) is 0 Å². The molecule has 0 aliphatic carbocycles. The van der Waals surface area contributed by atoms with Crippen LogP contribution in [0.15, 0.2) is 60.7 Å². The summed E-state index contributed by atoms with van der Waals surface area (Å²) in [6, 6.07) is 16.6. The Morgan fingerprint density at radius 3 is 2.32 bits per heavy atom. The minimum atomic E-state index is -1.07. The van der Waals surface area contributed by atoms with E-state index in [9.17, 15) is 19.5 Å². The molecule has 1 heterocycles. The van der Waals surface area contributed by atoms with Gasteiger partial charge in [-0.1, -0.05) is 74.5 Å². The van der Waals surface area contributed by atoms with E-state index in [1.54, 1.807) is 0 Å². The fraction of sp³-hybridized carbons (Fsp3) is 0.423.